The van der Waals surface area contributed by atoms with Crippen molar-refractivity contribution in [2.45, 2.75) is 6.92 Å². The molecule has 0 atom stereocenters. The third kappa shape index (κ3) is 2.50. The van der Waals surface area contributed by atoms with Crippen LogP contribution in [0.5, 0.6) is 11.5 Å². The van der Waals surface area contributed by atoms with Crippen LogP contribution in [0.15, 0.2) is 57.4 Å². The number of ketones is 1. The van der Waals surface area contributed by atoms with Crippen molar-refractivity contribution < 1.29 is 18.7 Å². The maximum Gasteiger partial charge on any atom is 0.336 e. The van der Waals surface area contributed by atoms with E-state index in [1.54, 1.807) is 44.4 Å². The minimum atomic E-state index is -0.487. The highest BCUT2D eigenvalue weighted by Gasteiger charge is 2.31. The quantitative estimate of drug-likeness (QED) is 0.528. The molecular weight excluding hydrogens is 320 g/mol. The standard InChI is InChI=1S/C20H14O5/c1-11-9-17(21)25-20-14(11)7-8-15-18(20)19(22)16(24-15)10-12-3-5-13(23-2)6-4-12/h3-10H,1-2H3/b16-10-. The van der Waals surface area contributed by atoms with Gasteiger partial charge in [-0.2, -0.15) is 0 Å². The summed E-state index contributed by atoms with van der Waals surface area (Å²) < 4.78 is 16.1. The highest BCUT2D eigenvalue weighted by atomic mass is 16.5. The van der Waals surface area contributed by atoms with Crippen molar-refractivity contribution in [1.82, 2.24) is 0 Å². The topological polar surface area (TPSA) is 65.7 Å². The molecule has 5 nitrogen and oxygen atoms in total. The van der Waals surface area contributed by atoms with Crippen LogP contribution in [0.2, 0.25) is 0 Å². The Balaban J connectivity index is 1.82. The number of allylic oxidation sites excluding steroid dienone is 1. The minimum Gasteiger partial charge on any atom is -0.497 e. The predicted molar refractivity (Wildman–Crippen MR) is 93.2 cm³/mol. The van der Waals surface area contributed by atoms with E-state index in [9.17, 15) is 9.59 Å². The third-order valence-corrected chi connectivity index (χ3v) is 4.17. The average molecular weight is 334 g/mol. The van der Waals surface area contributed by atoms with Crippen molar-refractivity contribution in [1.29, 1.82) is 0 Å². The highest BCUT2D eigenvalue weighted by Crippen LogP contribution is 2.37. The Kier molecular flexibility index (Phi) is 3.42. The smallest absolute Gasteiger partial charge is 0.336 e. The van der Waals surface area contributed by atoms with E-state index >= 15 is 0 Å². The second-order valence-corrected chi connectivity index (χ2v) is 5.78. The van der Waals surface area contributed by atoms with E-state index in [2.05, 4.69) is 0 Å². The zero-order valence-corrected chi connectivity index (χ0v) is 13.7. The lowest BCUT2D eigenvalue weighted by Crippen LogP contribution is -2.02. The van der Waals surface area contributed by atoms with Crippen LogP contribution in [0.25, 0.3) is 17.0 Å². The van der Waals surface area contributed by atoms with Gasteiger partial charge in [0.25, 0.3) is 0 Å². The monoisotopic (exact) mass is 334 g/mol. The molecule has 2 aromatic carbocycles. The molecule has 0 bridgehead atoms. The van der Waals surface area contributed by atoms with Gasteiger partial charge in [0.1, 0.15) is 17.1 Å². The molecule has 0 saturated carbocycles. The van der Waals surface area contributed by atoms with Crippen LogP contribution in [-0.2, 0) is 0 Å². The molecule has 2 heterocycles. The Morgan fingerprint density at radius 3 is 2.52 bits per heavy atom. The fraction of sp³-hybridized carbons (Fsp3) is 0.100. The minimum absolute atomic E-state index is 0.192. The van der Waals surface area contributed by atoms with E-state index < -0.39 is 5.63 Å². The van der Waals surface area contributed by atoms with Crippen molar-refractivity contribution in [3.63, 3.8) is 0 Å². The number of ether oxygens (including phenoxy) is 2. The number of aryl methyl sites for hydroxylation is 1. The normalized spacial score (nSPS) is 14.6. The number of carbonyl (C=O) groups excluding carboxylic acids is 1. The molecule has 0 aliphatic carbocycles. The fourth-order valence-electron chi connectivity index (χ4n) is 2.90. The molecule has 0 saturated heterocycles. The molecule has 0 amide bonds. The number of carbonyl (C=O) groups is 1. The second-order valence-electron chi connectivity index (χ2n) is 5.78. The summed E-state index contributed by atoms with van der Waals surface area (Å²) in [5.41, 5.74) is 1.64. The first-order chi connectivity index (χ1) is 12.1. The van der Waals surface area contributed by atoms with E-state index in [1.165, 1.54) is 6.07 Å². The lowest BCUT2D eigenvalue weighted by molar-refractivity contribution is 0.101. The first-order valence-corrected chi connectivity index (χ1v) is 7.72. The number of methoxy groups -OCH3 is 1. The summed E-state index contributed by atoms with van der Waals surface area (Å²) >= 11 is 0. The summed E-state index contributed by atoms with van der Waals surface area (Å²) in [5.74, 6) is 1.01. The summed E-state index contributed by atoms with van der Waals surface area (Å²) in [5, 5.41) is 0.723. The second kappa shape index (κ2) is 5.63. The van der Waals surface area contributed by atoms with Crippen LogP contribution >= 0.6 is 0 Å². The van der Waals surface area contributed by atoms with Gasteiger partial charge in [0.05, 0.1) is 7.11 Å². The first-order valence-electron chi connectivity index (χ1n) is 7.72. The molecule has 0 N–H and O–H groups in total. The van der Waals surface area contributed by atoms with Gasteiger partial charge in [-0.1, -0.05) is 12.1 Å². The molecule has 5 heteroatoms. The molecule has 0 spiro atoms. The largest absolute Gasteiger partial charge is 0.497 e. The lowest BCUT2D eigenvalue weighted by atomic mass is 10.0. The summed E-state index contributed by atoms with van der Waals surface area (Å²) in [6.45, 7) is 1.81. The zero-order chi connectivity index (χ0) is 17.6. The Labute approximate surface area is 143 Å². The van der Waals surface area contributed by atoms with Gasteiger partial charge in [0.15, 0.2) is 11.3 Å². The molecule has 0 fully saturated rings. The van der Waals surface area contributed by atoms with Gasteiger partial charge in [-0.15, -0.1) is 0 Å². The summed E-state index contributed by atoms with van der Waals surface area (Å²) in [6.07, 6.45) is 1.65. The van der Waals surface area contributed by atoms with Gasteiger partial charge in [-0.25, -0.2) is 4.79 Å². The van der Waals surface area contributed by atoms with Gasteiger partial charge in [-0.3, -0.25) is 4.79 Å². The fourth-order valence-corrected chi connectivity index (χ4v) is 2.90. The van der Waals surface area contributed by atoms with Gasteiger partial charge in [-0.05, 0) is 48.4 Å². The Hall–Kier alpha value is -3.34. The third-order valence-electron chi connectivity index (χ3n) is 4.17. The number of hydrogen-bond acceptors (Lipinski definition) is 5. The maximum atomic E-state index is 12.8. The number of benzene rings is 2. The number of Topliss-reactive ketones (excluding diaryl/α,β-unsaturated/α-hetero) is 1. The number of fused-ring (bicyclic) bond motifs is 3. The maximum absolute atomic E-state index is 12.8. The van der Waals surface area contributed by atoms with E-state index in [0.717, 1.165) is 22.3 Å². The van der Waals surface area contributed by atoms with Crippen molar-refractivity contribution in [2.24, 2.45) is 0 Å². The summed E-state index contributed by atoms with van der Waals surface area (Å²) in [4.78, 5) is 24.5. The van der Waals surface area contributed by atoms with Crippen LogP contribution in [-0.4, -0.2) is 12.9 Å². The Morgan fingerprint density at radius 1 is 1.04 bits per heavy atom. The van der Waals surface area contributed by atoms with Gasteiger partial charge < -0.3 is 13.9 Å². The van der Waals surface area contributed by atoms with E-state index in [-0.39, 0.29) is 22.7 Å². The van der Waals surface area contributed by atoms with E-state index in [1.807, 2.05) is 12.1 Å². The van der Waals surface area contributed by atoms with Gasteiger partial charge in [0, 0.05) is 11.5 Å². The molecule has 0 radical (unpaired) electrons. The molecule has 1 aliphatic heterocycles. The molecule has 25 heavy (non-hydrogen) atoms. The lowest BCUT2D eigenvalue weighted by Gasteiger charge is -2.03. The molecular formula is C20H14O5. The Morgan fingerprint density at radius 2 is 1.80 bits per heavy atom. The SMILES string of the molecule is COc1ccc(/C=C2\Oc3ccc4c(C)cc(=O)oc4c3C2=O)cc1. The molecule has 4 rings (SSSR count). The molecule has 1 aromatic heterocycles. The molecule has 1 aliphatic rings. The van der Waals surface area contributed by atoms with Crippen molar-refractivity contribution in [3.8, 4) is 11.5 Å². The van der Waals surface area contributed by atoms with Crippen molar-refractivity contribution in [2.75, 3.05) is 7.11 Å². The van der Waals surface area contributed by atoms with Crippen LogP contribution in [0.4, 0.5) is 0 Å². The van der Waals surface area contributed by atoms with Crippen LogP contribution in [0.3, 0.4) is 0 Å². The van der Waals surface area contributed by atoms with E-state index in [0.29, 0.717) is 5.75 Å². The Bertz CT molecular complexity index is 1090. The van der Waals surface area contributed by atoms with Crippen molar-refractivity contribution >= 4 is 22.8 Å². The zero-order valence-electron chi connectivity index (χ0n) is 13.7. The van der Waals surface area contributed by atoms with Crippen molar-refractivity contribution in [3.05, 3.63) is 75.3 Å². The van der Waals surface area contributed by atoms with E-state index in [4.69, 9.17) is 13.9 Å². The van der Waals surface area contributed by atoms with Gasteiger partial charge >= 0.3 is 5.63 Å². The summed E-state index contributed by atoms with van der Waals surface area (Å²) in [7, 11) is 1.59. The molecule has 3 aromatic rings. The first kappa shape index (κ1) is 15.2. The number of rotatable bonds is 2. The predicted octanol–water partition coefficient (Wildman–Crippen LogP) is 3.73. The molecule has 0 unspecified atom stereocenters. The van der Waals surface area contributed by atoms with Crippen LogP contribution in [0, 0.1) is 6.92 Å². The number of hydrogen-bond donors (Lipinski definition) is 0. The van der Waals surface area contributed by atoms with Gasteiger partial charge in [0.2, 0.25) is 5.78 Å². The van der Waals surface area contributed by atoms with Crippen LogP contribution in [0.1, 0.15) is 21.5 Å². The highest BCUT2D eigenvalue weighted by molar-refractivity contribution is 6.20. The summed E-state index contributed by atoms with van der Waals surface area (Å²) in [6, 6.07) is 12.2. The average Bonchev–Trinajstić information content (AvgIpc) is 2.92. The van der Waals surface area contributed by atoms with Crippen LogP contribution < -0.4 is 15.1 Å². The molecule has 124 valence electrons.